The zero-order valence-electron chi connectivity index (χ0n) is 11.7. The molecule has 1 unspecified atom stereocenters. The maximum Gasteiger partial charge on any atom is 0.161 e. The summed E-state index contributed by atoms with van der Waals surface area (Å²) in [5.74, 6) is 1.44. The molecule has 0 saturated carbocycles. The molecule has 1 aliphatic rings. The Morgan fingerprint density at radius 1 is 1.10 bits per heavy atom. The first-order chi connectivity index (χ1) is 9.81. The first-order valence-electron chi connectivity index (χ1n) is 7.20. The number of rotatable bonds is 8. The van der Waals surface area contributed by atoms with E-state index in [2.05, 4.69) is 5.32 Å². The summed E-state index contributed by atoms with van der Waals surface area (Å²) in [6, 6.07) is 5.55. The van der Waals surface area contributed by atoms with Crippen molar-refractivity contribution >= 4 is 0 Å². The molecule has 3 N–H and O–H groups in total. The van der Waals surface area contributed by atoms with E-state index in [1.807, 2.05) is 18.2 Å². The molecule has 5 heteroatoms. The largest absolute Gasteiger partial charge is 0.486 e. The molecule has 0 saturated heterocycles. The normalized spacial score (nSPS) is 15.1. The summed E-state index contributed by atoms with van der Waals surface area (Å²) in [5, 5.41) is 22.0. The molecule has 0 aromatic heterocycles. The quantitative estimate of drug-likeness (QED) is 0.625. The number of hydrogen-bond donors (Lipinski definition) is 3. The van der Waals surface area contributed by atoms with Gasteiger partial charge in [-0.1, -0.05) is 6.07 Å². The minimum Gasteiger partial charge on any atom is -0.486 e. The van der Waals surface area contributed by atoms with Gasteiger partial charge in [0, 0.05) is 13.2 Å². The summed E-state index contributed by atoms with van der Waals surface area (Å²) in [4.78, 5) is 0. The second kappa shape index (κ2) is 8.09. The molecule has 0 fully saturated rings. The number of aliphatic hydroxyl groups is 2. The van der Waals surface area contributed by atoms with E-state index in [9.17, 15) is 5.11 Å². The molecule has 1 aromatic rings. The minimum absolute atomic E-state index is 0.250. The van der Waals surface area contributed by atoms with Gasteiger partial charge in [-0.2, -0.15) is 0 Å². The summed E-state index contributed by atoms with van der Waals surface area (Å²) in [5.41, 5.74) is 0.831. The Hall–Kier alpha value is -1.30. The van der Waals surface area contributed by atoms with Gasteiger partial charge >= 0.3 is 0 Å². The molecular formula is C15H23NO4. The molecule has 1 atom stereocenters. The Bertz CT molecular complexity index is 411. The van der Waals surface area contributed by atoms with Crippen LogP contribution in [0.4, 0.5) is 0 Å². The van der Waals surface area contributed by atoms with Crippen LogP contribution >= 0.6 is 0 Å². The van der Waals surface area contributed by atoms with Gasteiger partial charge < -0.3 is 25.0 Å². The zero-order valence-corrected chi connectivity index (χ0v) is 11.7. The molecule has 0 spiro atoms. The van der Waals surface area contributed by atoms with Crippen LogP contribution in [0.3, 0.4) is 0 Å². The average Bonchev–Trinajstić information content (AvgIpc) is 2.50. The maximum absolute atomic E-state index is 10.1. The predicted octanol–water partition coefficient (Wildman–Crippen LogP) is 1.24. The lowest BCUT2D eigenvalue weighted by atomic mass is 10.1. The van der Waals surface area contributed by atoms with Gasteiger partial charge in [0.05, 0.1) is 6.10 Å². The van der Waals surface area contributed by atoms with Gasteiger partial charge in [-0.3, -0.25) is 0 Å². The van der Waals surface area contributed by atoms with Crippen LogP contribution in [0, 0.1) is 0 Å². The molecule has 0 radical (unpaired) electrons. The molecule has 0 amide bonds. The van der Waals surface area contributed by atoms with Crippen molar-refractivity contribution in [2.75, 3.05) is 32.9 Å². The van der Waals surface area contributed by atoms with Gasteiger partial charge in [0.2, 0.25) is 0 Å². The smallest absolute Gasteiger partial charge is 0.161 e. The van der Waals surface area contributed by atoms with Gasteiger partial charge in [0.1, 0.15) is 13.2 Å². The van der Waals surface area contributed by atoms with Crippen LogP contribution < -0.4 is 14.8 Å². The third-order valence-corrected chi connectivity index (χ3v) is 3.30. The van der Waals surface area contributed by atoms with E-state index in [4.69, 9.17) is 14.6 Å². The maximum atomic E-state index is 10.1. The second-order valence-electron chi connectivity index (χ2n) is 4.91. The van der Waals surface area contributed by atoms with Crippen molar-refractivity contribution in [3.8, 4) is 11.5 Å². The van der Waals surface area contributed by atoms with Gasteiger partial charge in [0.25, 0.3) is 0 Å². The Balaban J connectivity index is 1.76. The monoisotopic (exact) mass is 281 g/mol. The molecule has 0 aliphatic carbocycles. The molecule has 0 bridgehead atoms. The predicted molar refractivity (Wildman–Crippen MR) is 76.2 cm³/mol. The van der Waals surface area contributed by atoms with Crippen molar-refractivity contribution in [1.29, 1.82) is 0 Å². The summed E-state index contributed by atoms with van der Waals surface area (Å²) < 4.78 is 11.0. The second-order valence-corrected chi connectivity index (χ2v) is 4.91. The van der Waals surface area contributed by atoms with Crippen LogP contribution in [0.1, 0.15) is 30.9 Å². The Morgan fingerprint density at radius 2 is 1.90 bits per heavy atom. The van der Waals surface area contributed by atoms with Crippen LogP contribution in [0.25, 0.3) is 0 Å². The van der Waals surface area contributed by atoms with Gasteiger partial charge in [-0.25, -0.2) is 0 Å². The molecule has 1 aliphatic heterocycles. The highest BCUT2D eigenvalue weighted by Gasteiger charge is 2.15. The lowest BCUT2D eigenvalue weighted by Gasteiger charge is -2.20. The van der Waals surface area contributed by atoms with Crippen molar-refractivity contribution in [2.45, 2.75) is 25.4 Å². The number of aliphatic hydroxyl groups excluding tert-OH is 2. The summed E-state index contributed by atoms with van der Waals surface area (Å²) in [6.45, 7) is 2.74. The Morgan fingerprint density at radius 3 is 2.70 bits per heavy atom. The van der Waals surface area contributed by atoms with Crippen molar-refractivity contribution in [3.63, 3.8) is 0 Å². The van der Waals surface area contributed by atoms with Gasteiger partial charge in [-0.15, -0.1) is 0 Å². The van der Waals surface area contributed by atoms with E-state index in [1.54, 1.807) is 0 Å². The number of ether oxygens (including phenoxy) is 2. The molecule has 112 valence electrons. The van der Waals surface area contributed by atoms with E-state index >= 15 is 0 Å². The first kappa shape index (κ1) is 15.1. The fraction of sp³-hybridized carbons (Fsp3) is 0.600. The van der Waals surface area contributed by atoms with E-state index in [0.29, 0.717) is 25.5 Å². The summed E-state index contributed by atoms with van der Waals surface area (Å²) in [7, 11) is 0. The van der Waals surface area contributed by atoms with Crippen molar-refractivity contribution < 1.29 is 19.7 Å². The highest BCUT2D eigenvalue weighted by Crippen LogP contribution is 2.32. The van der Waals surface area contributed by atoms with Crippen molar-refractivity contribution in [1.82, 2.24) is 5.32 Å². The van der Waals surface area contributed by atoms with Gasteiger partial charge in [0.15, 0.2) is 11.5 Å². The number of fused-ring (bicyclic) bond motifs is 1. The highest BCUT2D eigenvalue weighted by atomic mass is 16.6. The van der Waals surface area contributed by atoms with Crippen LogP contribution in [0.5, 0.6) is 11.5 Å². The SMILES string of the molecule is OCCCCCNCC(O)c1ccc2c(c1)OCCO2. The van der Waals surface area contributed by atoms with Crippen LogP contribution in [0.15, 0.2) is 18.2 Å². The van der Waals surface area contributed by atoms with Gasteiger partial charge in [-0.05, 0) is 43.5 Å². The van der Waals surface area contributed by atoms with E-state index < -0.39 is 6.10 Å². The number of unbranched alkanes of at least 4 members (excludes halogenated alkanes) is 2. The van der Waals surface area contributed by atoms with Crippen LogP contribution in [-0.4, -0.2) is 43.1 Å². The lowest BCUT2D eigenvalue weighted by Crippen LogP contribution is -2.23. The molecule has 2 rings (SSSR count). The lowest BCUT2D eigenvalue weighted by molar-refractivity contribution is 0.163. The third-order valence-electron chi connectivity index (χ3n) is 3.30. The van der Waals surface area contributed by atoms with E-state index in [1.165, 1.54) is 0 Å². The molecule has 1 heterocycles. The summed E-state index contributed by atoms with van der Waals surface area (Å²) >= 11 is 0. The molecular weight excluding hydrogens is 258 g/mol. The fourth-order valence-corrected chi connectivity index (χ4v) is 2.16. The number of benzene rings is 1. The topological polar surface area (TPSA) is 71.0 Å². The zero-order chi connectivity index (χ0) is 14.2. The van der Waals surface area contributed by atoms with E-state index in [0.717, 1.165) is 37.1 Å². The molecule has 1 aromatic carbocycles. The average molecular weight is 281 g/mol. The van der Waals surface area contributed by atoms with Crippen molar-refractivity contribution in [3.05, 3.63) is 23.8 Å². The third kappa shape index (κ3) is 4.37. The highest BCUT2D eigenvalue weighted by molar-refractivity contribution is 5.44. The molecule has 5 nitrogen and oxygen atoms in total. The number of hydrogen-bond acceptors (Lipinski definition) is 5. The standard InChI is InChI=1S/C15H23NO4/c17-7-3-1-2-6-16-11-13(18)12-4-5-14-15(10-12)20-9-8-19-14/h4-5,10,13,16-18H,1-3,6-9,11H2. The summed E-state index contributed by atoms with van der Waals surface area (Å²) in [6.07, 6.45) is 2.30. The first-order valence-corrected chi connectivity index (χ1v) is 7.20. The van der Waals surface area contributed by atoms with Crippen molar-refractivity contribution in [2.24, 2.45) is 0 Å². The molecule has 20 heavy (non-hydrogen) atoms. The van der Waals surface area contributed by atoms with Crippen LogP contribution in [-0.2, 0) is 0 Å². The Kier molecular flexibility index (Phi) is 6.11. The fourth-order valence-electron chi connectivity index (χ4n) is 2.16. The number of nitrogens with one attached hydrogen (secondary N) is 1. The van der Waals surface area contributed by atoms with Crippen LogP contribution in [0.2, 0.25) is 0 Å². The Labute approximate surface area is 119 Å². The minimum atomic E-state index is -0.552. The van der Waals surface area contributed by atoms with E-state index in [-0.39, 0.29) is 6.61 Å².